The van der Waals surface area contributed by atoms with Crippen molar-refractivity contribution in [3.63, 3.8) is 0 Å². The Kier molecular flexibility index (Phi) is 6.73. The predicted octanol–water partition coefficient (Wildman–Crippen LogP) is 3.42. The van der Waals surface area contributed by atoms with Crippen LogP contribution in [0.5, 0.6) is 5.75 Å². The monoisotopic (exact) mass is 346 g/mol. The van der Waals surface area contributed by atoms with Gasteiger partial charge in [-0.05, 0) is 87.8 Å². The van der Waals surface area contributed by atoms with Crippen LogP contribution in [0.4, 0.5) is 0 Å². The second-order valence-electron chi connectivity index (χ2n) is 5.60. The van der Waals surface area contributed by atoms with E-state index in [2.05, 4.69) is 12.8 Å². The van der Waals surface area contributed by atoms with Gasteiger partial charge >= 0.3 is 17.1 Å². The first-order valence-electron chi connectivity index (χ1n) is 7.43. The molecule has 1 aromatic carbocycles. The van der Waals surface area contributed by atoms with Gasteiger partial charge < -0.3 is 9.90 Å². The van der Waals surface area contributed by atoms with E-state index in [-0.39, 0.29) is 22.8 Å². The van der Waals surface area contributed by atoms with Gasteiger partial charge in [0.2, 0.25) is 0 Å². The molecule has 2 saturated carbocycles. The second-order valence-corrected chi connectivity index (χ2v) is 5.60. The summed E-state index contributed by atoms with van der Waals surface area (Å²) in [6.07, 6.45) is 18.7. The van der Waals surface area contributed by atoms with Crippen LogP contribution in [0, 0.1) is 63.2 Å². The molecule has 2 nitrogen and oxygen atoms in total. The Morgan fingerprint density at radius 3 is 2.04 bits per heavy atom. The first-order chi connectivity index (χ1) is 10.7. The molecule has 2 aliphatic carbocycles. The fourth-order valence-corrected chi connectivity index (χ4v) is 3.00. The molecule has 0 aliphatic heterocycles. The molecule has 3 rings (SSSR count). The number of aldehydes is 1. The minimum Gasteiger partial charge on any atom is -0.508 e. The Labute approximate surface area is 150 Å². The van der Waals surface area contributed by atoms with Crippen molar-refractivity contribution in [1.29, 1.82) is 0 Å². The zero-order valence-corrected chi connectivity index (χ0v) is 13.7. The van der Waals surface area contributed by atoms with Crippen molar-refractivity contribution in [2.75, 3.05) is 0 Å². The third-order valence-electron chi connectivity index (χ3n) is 4.30. The number of aromatic hydroxyl groups is 1. The zero-order valence-electron chi connectivity index (χ0n) is 12.6. The normalized spacial score (nSPS) is 21.7. The summed E-state index contributed by atoms with van der Waals surface area (Å²) >= 11 is 0. The molecule has 116 valence electrons. The molecule has 0 bridgehead atoms. The predicted molar refractivity (Wildman–Crippen MR) is 86.0 cm³/mol. The number of carbonyl (C=O) groups excluding carboxylic acids is 1. The van der Waals surface area contributed by atoms with Crippen molar-refractivity contribution >= 4 is 6.29 Å². The molecule has 0 heterocycles. The molecule has 0 aromatic heterocycles. The number of rotatable bonds is 6. The van der Waals surface area contributed by atoms with Crippen LogP contribution in [0.15, 0.2) is 24.3 Å². The molecule has 2 aliphatic rings. The van der Waals surface area contributed by atoms with Gasteiger partial charge in [-0.3, -0.25) is 0 Å². The minimum absolute atomic E-state index is 0. The average molecular weight is 346 g/mol. The van der Waals surface area contributed by atoms with Crippen LogP contribution in [0.25, 0.3) is 0 Å². The fourth-order valence-electron chi connectivity index (χ4n) is 3.00. The van der Waals surface area contributed by atoms with Gasteiger partial charge in [0.05, 0.1) is 5.41 Å². The summed E-state index contributed by atoms with van der Waals surface area (Å²) in [6, 6.07) is 6.95. The number of benzene rings is 1. The quantitative estimate of drug-likeness (QED) is 0.633. The van der Waals surface area contributed by atoms with E-state index in [0.29, 0.717) is 6.42 Å². The van der Waals surface area contributed by atoms with Crippen LogP contribution >= 0.6 is 0 Å². The molecular weight excluding hydrogens is 328 g/mol. The van der Waals surface area contributed by atoms with Gasteiger partial charge in [0, 0.05) is 5.92 Å². The molecule has 2 fully saturated rings. The van der Waals surface area contributed by atoms with Gasteiger partial charge in [-0.15, -0.1) is 0 Å². The smallest absolute Gasteiger partial charge is 0.508 e. The van der Waals surface area contributed by atoms with Crippen LogP contribution in [-0.4, -0.2) is 11.4 Å². The standard InChI is InChI=1S/C20H18O2.Fe/c21-15-20(17-7-3-4-8-17,14-13-16-5-1-2-6-16)18-9-11-19(22)12-10-18;/h1-12,15,22H,13-14H2;/q;+2. The largest absolute Gasteiger partial charge is 2.00 e. The maximum Gasteiger partial charge on any atom is 2.00 e. The van der Waals surface area contributed by atoms with Crippen molar-refractivity contribution in [2.24, 2.45) is 0 Å². The van der Waals surface area contributed by atoms with Gasteiger partial charge in [0.1, 0.15) is 12.0 Å². The summed E-state index contributed by atoms with van der Waals surface area (Å²) in [7, 11) is 0. The van der Waals surface area contributed by atoms with Crippen molar-refractivity contribution in [1.82, 2.24) is 0 Å². The Morgan fingerprint density at radius 2 is 1.48 bits per heavy atom. The number of carbonyl (C=O) groups is 1. The van der Waals surface area contributed by atoms with Crippen LogP contribution in [0.2, 0.25) is 0 Å². The van der Waals surface area contributed by atoms with E-state index >= 15 is 0 Å². The van der Waals surface area contributed by atoms with Gasteiger partial charge in [-0.25, -0.2) is 0 Å². The second kappa shape index (κ2) is 8.35. The summed E-state index contributed by atoms with van der Waals surface area (Å²) in [5.74, 6) is 2.44. The third kappa shape index (κ3) is 4.00. The number of phenolic OH excluding ortho intramolecular Hbond substituents is 1. The van der Waals surface area contributed by atoms with Gasteiger partial charge in [-0.1, -0.05) is 12.1 Å². The summed E-state index contributed by atoms with van der Waals surface area (Å²) in [6.45, 7) is 0. The zero-order chi connectivity index (χ0) is 15.4. The third-order valence-corrected chi connectivity index (χ3v) is 4.30. The maximum atomic E-state index is 12.1. The van der Waals surface area contributed by atoms with Gasteiger partial charge in [-0.2, -0.15) is 0 Å². The van der Waals surface area contributed by atoms with E-state index in [0.717, 1.165) is 24.2 Å². The molecule has 23 heavy (non-hydrogen) atoms. The summed E-state index contributed by atoms with van der Waals surface area (Å²) in [4.78, 5) is 12.1. The van der Waals surface area contributed by atoms with Gasteiger partial charge in [0.15, 0.2) is 0 Å². The van der Waals surface area contributed by atoms with E-state index in [9.17, 15) is 9.90 Å². The molecule has 1 atom stereocenters. The maximum absolute atomic E-state index is 12.1. The molecular formula is C20H18FeO2+2. The van der Waals surface area contributed by atoms with Crippen molar-refractivity contribution in [3.05, 3.63) is 93.0 Å². The summed E-state index contributed by atoms with van der Waals surface area (Å²) in [5, 5.41) is 9.52. The molecule has 0 spiro atoms. The van der Waals surface area contributed by atoms with Crippen molar-refractivity contribution < 1.29 is 27.0 Å². The van der Waals surface area contributed by atoms with Gasteiger partial charge in [0.25, 0.3) is 0 Å². The molecule has 0 amide bonds. The van der Waals surface area contributed by atoms with Crippen LogP contribution in [0.3, 0.4) is 0 Å². The first-order valence-corrected chi connectivity index (χ1v) is 7.43. The molecule has 1 aromatic rings. The Morgan fingerprint density at radius 1 is 0.913 bits per heavy atom. The molecule has 1 N–H and O–H groups in total. The van der Waals surface area contributed by atoms with E-state index < -0.39 is 5.41 Å². The Bertz CT molecular complexity index is 487. The molecule has 10 radical (unpaired) electrons. The minimum atomic E-state index is -0.672. The molecule has 3 heteroatoms. The SMILES string of the molecule is O=CC(CC[C]1[CH][CH][CH][CH]1)([C]1[CH][CH][CH][CH]1)c1ccc(O)cc1.[Fe+2]. The van der Waals surface area contributed by atoms with Crippen molar-refractivity contribution in [3.8, 4) is 5.75 Å². The number of hydrogen-bond donors (Lipinski definition) is 1. The van der Waals surface area contributed by atoms with E-state index in [4.69, 9.17) is 0 Å². The summed E-state index contributed by atoms with van der Waals surface area (Å²) in [5.41, 5.74) is 0.243. The molecule has 1 unspecified atom stereocenters. The van der Waals surface area contributed by atoms with Crippen molar-refractivity contribution in [2.45, 2.75) is 18.3 Å². The molecule has 0 saturated heterocycles. The van der Waals surface area contributed by atoms with Crippen LogP contribution in [-0.2, 0) is 27.3 Å². The number of hydrogen-bond acceptors (Lipinski definition) is 2. The van der Waals surface area contributed by atoms with Crippen LogP contribution < -0.4 is 0 Å². The van der Waals surface area contributed by atoms with Crippen LogP contribution in [0.1, 0.15) is 18.4 Å². The summed E-state index contributed by atoms with van der Waals surface area (Å²) < 4.78 is 0. The first kappa shape index (κ1) is 18.5. The topological polar surface area (TPSA) is 37.3 Å². The van der Waals surface area contributed by atoms with E-state index in [1.807, 2.05) is 50.7 Å². The van der Waals surface area contributed by atoms with E-state index in [1.165, 1.54) is 5.92 Å². The number of phenols is 1. The fraction of sp³-hybridized carbons (Fsp3) is 0.150. The van der Waals surface area contributed by atoms with E-state index in [1.54, 1.807) is 12.1 Å². The average Bonchev–Trinajstić information content (AvgIpc) is 3.23. The Balaban J connectivity index is 0.00000192. The Hall–Kier alpha value is -0.791.